The fraction of sp³-hybridized carbons (Fsp3) is 0.214. The van der Waals surface area contributed by atoms with Crippen LogP contribution in [0.25, 0.3) is 0 Å². The van der Waals surface area contributed by atoms with E-state index in [0.717, 1.165) is 23.5 Å². The fourth-order valence-corrected chi connectivity index (χ4v) is 1.69. The minimum atomic E-state index is -0.550. The second kappa shape index (κ2) is 6.10. The number of amides is 1. The Bertz CT molecular complexity index is 613. The lowest BCUT2D eigenvalue weighted by atomic mass is 10.2. The third-order valence-electron chi connectivity index (χ3n) is 2.76. The Kier molecular flexibility index (Phi) is 4.24. The van der Waals surface area contributed by atoms with Gasteiger partial charge in [0.1, 0.15) is 11.6 Å². The van der Waals surface area contributed by atoms with Crippen molar-refractivity contribution < 1.29 is 9.18 Å². The van der Waals surface area contributed by atoms with Crippen molar-refractivity contribution in [1.29, 1.82) is 0 Å². The Balaban J connectivity index is 2.08. The number of carbonyl (C=O) groups is 1. The Morgan fingerprint density at radius 1 is 1.30 bits per heavy atom. The third-order valence-corrected chi connectivity index (χ3v) is 2.76. The van der Waals surface area contributed by atoms with E-state index in [-0.39, 0.29) is 11.5 Å². The van der Waals surface area contributed by atoms with Gasteiger partial charge in [-0.05, 0) is 24.6 Å². The van der Waals surface area contributed by atoms with Crippen LogP contribution in [0.2, 0.25) is 0 Å². The molecule has 0 saturated carbocycles. The number of hydrogen-bond donors (Lipinski definition) is 2. The average Bonchev–Trinajstić information content (AvgIpc) is 2.46. The second-order valence-corrected chi connectivity index (χ2v) is 4.29. The van der Waals surface area contributed by atoms with E-state index in [9.17, 15) is 9.18 Å². The zero-order chi connectivity index (χ0) is 14.5. The van der Waals surface area contributed by atoms with E-state index in [4.69, 9.17) is 0 Å². The molecule has 0 aliphatic carbocycles. The van der Waals surface area contributed by atoms with Crippen LogP contribution in [0.5, 0.6) is 0 Å². The molecule has 0 bridgehead atoms. The molecule has 0 atom stereocenters. The van der Waals surface area contributed by atoms with E-state index < -0.39 is 5.82 Å². The normalized spacial score (nSPS) is 10.2. The molecule has 0 aliphatic rings. The average molecular weight is 274 g/mol. The van der Waals surface area contributed by atoms with Gasteiger partial charge in [0.15, 0.2) is 0 Å². The van der Waals surface area contributed by atoms with Crippen molar-refractivity contribution in [3.8, 4) is 0 Å². The van der Waals surface area contributed by atoms with Crippen molar-refractivity contribution in [2.45, 2.75) is 13.5 Å². The molecule has 0 aliphatic heterocycles. The lowest BCUT2D eigenvalue weighted by Crippen LogP contribution is -2.24. The van der Waals surface area contributed by atoms with Gasteiger partial charge in [-0.1, -0.05) is 6.07 Å². The van der Waals surface area contributed by atoms with Crippen LogP contribution >= 0.6 is 0 Å². The predicted octanol–water partition coefficient (Wildman–Crippen LogP) is 1.90. The van der Waals surface area contributed by atoms with Crippen molar-refractivity contribution in [3.63, 3.8) is 0 Å². The Morgan fingerprint density at radius 3 is 2.75 bits per heavy atom. The van der Waals surface area contributed by atoms with E-state index in [1.807, 2.05) is 19.1 Å². The molecule has 6 heteroatoms. The molecule has 0 fully saturated rings. The maximum absolute atomic E-state index is 13.2. The summed E-state index contributed by atoms with van der Waals surface area (Å²) in [7, 11) is 1.63. The molecule has 0 unspecified atom stereocenters. The molecule has 2 rings (SSSR count). The summed E-state index contributed by atoms with van der Waals surface area (Å²) < 4.78 is 13.2. The molecular formula is C14H15FN4O. The summed E-state index contributed by atoms with van der Waals surface area (Å²) in [5, 5.41) is 5.47. The quantitative estimate of drug-likeness (QED) is 0.893. The van der Waals surface area contributed by atoms with Crippen LogP contribution in [-0.4, -0.2) is 22.9 Å². The number of hydrogen-bond acceptors (Lipinski definition) is 4. The summed E-state index contributed by atoms with van der Waals surface area (Å²) in [6.45, 7) is 2.21. The van der Waals surface area contributed by atoms with Gasteiger partial charge >= 0.3 is 0 Å². The van der Waals surface area contributed by atoms with E-state index >= 15 is 0 Å². The number of aromatic nitrogens is 2. The van der Waals surface area contributed by atoms with Crippen molar-refractivity contribution in [2.75, 3.05) is 12.4 Å². The third kappa shape index (κ3) is 3.28. The highest BCUT2D eigenvalue weighted by atomic mass is 19.1. The molecular weight excluding hydrogens is 259 g/mol. The first kappa shape index (κ1) is 13.9. The van der Waals surface area contributed by atoms with E-state index in [2.05, 4.69) is 20.6 Å². The summed E-state index contributed by atoms with van der Waals surface area (Å²) in [5.74, 6) is -0.598. The van der Waals surface area contributed by atoms with Crippen molar-refractivity contribution in [2.24, 2.45) is 0 Å². The number of aryl methyl sites for hydroxylation is 1. The van der Waals surface area contributed by atoms with Gasteiger partial charge in [-0.3, -0.25) is 9.78 Å². The summed E-state index contributed by atoms with van der Waals surface area (Å²) in [4.78, 5) is 20.0. The zero-order valence-corrected chi connectivity index (χ0v) is 11.3. The number of halogens is 1. The predicted molar refractivity (Wildman–Crippen MR) is 73.9 cm³/mol. The zero-order valence-electron chi connectivity index (χ0n) is 11.3. The molecule has 2 aromatic rings. The van der Waals surface area contributed by atoms with Crippen LogP contribution in [0.4, 0.5) is 10.2 Å². The lowest BCUT2D eigenvalue weighted by Gasteiger charge is -2.09. The first-order chi connectivity index (χ1) is 9.60. The van der Waals surface area contributed by atoms with Crippen LogP contribution in [0.15, 0.2) is 30.6 Å². The SMILES string of the molecule is CNc1ncc(F)cc1C(=O)NCc1ccc(C)nc1. The molecule has 2 heterocycles. The molecule has 0 spiro atoms. The molecule has 5 nitrogen and oxygen atoms in total. The van der Waals surface area contributed by atoms with Gasteiger partial charge in [-0.2, -0.15) is 0 Å². The van der Waals surface area contributed by atoms with Crippen LogP contribution in [0.3, 0.4) is 0 Å². The smallest absolute Gasteiger partial charge is 0.255 e. The topological polar surface area (TPSA) is 66.9 Å². The maximum atomic E-state index is 13.2. The minimum absolute atomic E-state index is 0.174. The number of nitrogens with one attached hydrogen (secondary N) is 2. The number of pyridine rings is 2. The first-order valence-corrected chi connectivity index (χ1v) is 6.13. The second-order valence-electron chi connectivity index (χ2n) is 4.29. The van der Waals surface area contributed by atoms with Crippen LogP contribution in [0.1, 0.15) is 21.6 Å². The molecule has 2 N–H and O–H groups in total. The van der Waals surface area contributed by atoms with Gasteiger partial charge in [0.25, 0.3) is 5.91 Å². The van der Waals surface area contributed by atoms with Gasteiger partial charge in [0, 0.05) is 25.5 Å². The van der Waals surface area contributed by atoms with Crippen molar-refractivity contribution in [1.82, 2.24) is 15.3 Å². The Morgan fingerprint density at radius 2 is 2.10 bits per heavy atom. The summed E-state index contributed by atoms with van der Waals surface area (Å²) in [5.41, 5.74) is 1.96. The van der Waals surface area contributed by atoms with Gasteiger partial charge in [0.2, 0.25) is 0 Å². The molecule has 0 aromatic carbocycles. The standard InChI is InChI=1S/C14H15FN4O/c1-9-3-4-10(6-17-9)7-19-14(20)12-5-11(15)8-18-13(12)16-2/h3-6,8H,7H2,1-2H3,(H,16,18)(H,19,20). The van der Waals surface area contributed by atoms with Gasteiger partial charge in [-0.25, -0.2) is 9.37 Å². The van der Waals surface area contributed by atoms with Crippen LogP contribution < -0.4 is 10.6 Å². The molecule has 0 saturated heterocycles. The number of anilines is 1. The largest absolute Gasteiger partial charge is 0.372 e. The van der Waals surface area contributed by atoms with Gasteiger partial charge in [0.05, 0.1) is 11.8 Å². The summed E-state index contributed by atoms with van der Waals surface area (Å²) >= 11 is 0. The number of rotatable bonds is 4. The maximum Gasteiger partial charge on any atom is 0.255 e. The molecule has 20 heavy (non-hydrogen) atoms. The highest BCUT2D eigenvalue weighted by molar-refractivity contribution is 5.98. The lowest BCUT2D eigenvalue weighted by molar-refractivity contribution is 0.0951. The highest BCUT2D eigenvalue weighted by Crippen LogP contribution is 2.13. The van der Waals surface area contributed by atoms with E-state index in [1.54, 1.807) is 13.2 Å². The van der Waals surface area contributed by atoms with E-state index in [1.165, 1.54) is 0 Å². The Labute approximate surface area is 116 Å². The minimum Gasteiger partial charge on any atom is -0.372 e. The van der Waals surface area contributed by atoms with Gasteiger partial charge < -0.3 is 10.6 Å². The molecule has 0 radical (unpaired) electrons. The number of carbonyl (C=O) groups excluding carboxylic acids is 1. The highest BCUT2D eigenvalue weighted by Gasteiger charge is 2.13. The van der Waals surface area contributed by atoms with Gasteiger partial charge in [-0.15, -0.1) is 0 Å². The van der Waals surface area contributed by atoms with Crippen LogP contribution in [0, 0.1) is 12.7 Å². The van der Waals surface area contributed by atoms with Crippen LogP contribution in [-0.2, 0) is 6.54 Å². The summed E-state index contributed by atoms with van der Waals surface area (Å²) in [6, 6.07) is 4.90. The number of nitrogens with zero attached hydrogens (tertiary/aromatic N) is 2. The fourth-order valence-electron chi connectivity index (χ4n) is 1.69. The monoisotopic (exact) mass is 274 g/mol. The van der Waals surface area contributed by atoms with Crippen molar-refractivity contribution >= 4 is 11.7 Å². The van der Waals surface area contributed by atoms with Crippen molar-refractivity contribution in [3.05, 3.63) is 53.2 Å². The molecule has 1 amide bonds. The Hall–Kier alpha value is -2.50. The molecule has 104 valence electrons. The van der Waals surface area contributed by atoms with E-state index in [0.29, 0.717) is 12.4 Å². The summed E-state index contributed by atoms with van der Waals surface area (Å²) in [6.07, 6.45) is 2.75. The first-order valence-electron chi connectivity index (χ1n) is 6.13. The molecule has 2 aromatic heterocycles.